The van der Waals surface area contributed by atoms with E-state index in [1.165, 1.54) is 56.6 Å². The number of carbonyl (C=O) groups excluding carboxylic acids is 2. The van der Waals surface area contributed by atoms with E-state index in [4.69, 9.17) is 25.8 Å². The van der Waals surface area contributed by atoms with Gasteiger partial charge in [0, 0.05) is 34.6 Å². The van der Waals surface area contributed by atoms with Gasteiger partial charge >= 0.3 is 0 Å². The summed E-state index contributed by atoms with van der Waals surface area (Å²) in [5.41, 5.74) is 1.66. The molecule has 1 saturated carbocycles. The highest BCUT2D eigenvalue weighted by molar-refractivity contribution is 9.10. The van der Waals surface area contributed by atoms with Crippen LogP contribution in [-0.4, -0.2) is 65.1 Å². The molecule has 5 rings (SSSR count). The van der Waals surface area contributed by atoms with Gasteiger partial charge in [0.1, 0.15) is 18.3 Å². The van der Waals surface area contributed by atoms with Gasteiger partial charge in [0.25, 0.3) is 10.0 Å². The zero-order chi connectivity index (χ0) is 36.5. The number of sulfonamides is 1. The van der Waals surface area contributed by atoms with Crippen LogP contribution in [0.15, 0.2) is 100 Å². The Labute approximate surface area is 312 Å². The first-order chi connectivity index (χ1) is 24.5. The van der Waals surface area contributed by atoms with Crippen molar-refractivity contribution >= 4 is 55.1 Å². The van der Waals surface area contributed by atoms with Crippen molar-refractivity contribution in [2.45, 2.75) is 55.6 Å². The van der Waals surface area contributed by atoms with E-state index < -0.39 is 28.5 Å². The lowest BCUT2D eigenvalue weighted by Crippen LogP contribution is -2.54. The number of methoxy groups -OCH3 is 3. The van der Waals surface area contributed by atoms with Crippen molar-refractivity contribution in [3.8, 4) is 17.2 Å². The molecule has 1 aliphatic carbocycles. The molecule has 13 heteroatoms. The molecule has 1 fully saturated rings. The number of carbonyl (C=O) groups is 2. The van der Waals surface area contributed by atoms with Crippen LogP contribution in [0, 0.1) is 0 Å². The summed E-state index contributed by atoms with van der Waals surface area (Å²) in [7, 11) is -0.236. The topological polar surface area (TPSA) is 114 Å². The van der Waals surface area contributed by atoms with E-state index in [0.29, 0.717) is 5.75 Å². The van der Waals surface area contributed by atoms with E-state index in [1.54, 1.807) is 6.07 Å². The molecule has 0 aliphatic heterocycles. The zero-order valence-corrected chi connectivity index (χ0v) is 31.8. The van der Waals surface area contributed by atoms with E-state index in [9.17, 15) is 18.0 Å². The molecule has 1 atom stereocenters. The molecular formula is C38H41BrClN3O7S. The number of benzene rings is 4. The van der Waals surface area contributed by atoms with Gasteiger partial charge in [-0.05, 0) is 66.4 Å². The maximum absolute atomic E-state index is 14.9. The van der Waals surface area contributed by atoms with E-state index in [0.717, 1.165) is 45.6 Å². The molecule has 0 saturated heterocycles. The van der Waals surface area contributed by atoms with Gasteiger partial charge in [-0.3, -0.25) is 13.9 Å². The van der Waals surface area contributed by atoms with E-state index in [2.05, 4.69) is 21.2 Å². The highest BCUT2D eigenvalue weighted by Gasteiger charge is 2.37. The summed E-state index contributed by atoms with van der Waals surface area (Å²) < 4.78 is 47.4. The van der Waals surface area contributed by atoms with Crippen LogP contribution in [0.2, 0.25) is 5.02 Å². The molecule has 0 radical (unpaired) electrons. The Morgan fingerprint density at radius 1 is 0.843 bits per heavy atom. The van der Waals surface area contributed by atoms with Crippen LogP contribution in [0.5, 0.6) is 17.2 Å². The van der Waals surface area contributed by atoms with Crippen LogP contribution in [-0.2, 0) is 32.6 Å². The lowest BCUT2D eigenvalue weighted by atomic mass is 10.0. The van der Waals surface area contributed by atoms with Gasteiger partial charge in [-0.25, -0.2) is 8.42 Å². The monoisotopic (exact) mass is 797 g/mol. The zero-order valence-electron chi connectivity index (χ0n) is 28.7. The summed E-state index contributed by atoms with van der Waals surface area (Å²) in [4.78, 5) is 30.4. The largest absolute Gasteiger partial charge is 0.495 e. The first-order valence-corrected chi connectivity index (χ1v) is 19.1. The van der Waals surface area contributed by atoms with Crippen molar-refractivity contribution < 1.29 is 32.2 Å². The minimum Gasteiger partial charge on any atom is -0.495 e. The number of hydrogen-bond acceptors (Lipinski definition) is 7. The average Bonchev–Trinajstić information content (AvgIpc) is 3.65. The smallest absolute Gasteiger partial charge is 0.265 e. The number of halogens is 2. The van der Waals surface area contributed by atoms with Crippen LogP contribution in [0.25, 0.3) is 0 Å². The minimum absolute atomic E-state index is 0.00180. The standard InChI is InChI=1S/C38H41BrClN3O7S/c1-48-34-19-17-29(40)22-32(34)43(51(46,47)31-18-20-35(49-2)36(23-31)50-3)25-37(44)42(24-27-13-15-28(39)16-14-27)33(21-26-9-5-4-6-10-26)38(45)41-30-11-7-8-12-30/h4-6,9-10,13-20,22-23,30,33H,7-8,11-12,21,24-25H2,1-3H3,(H,41,45). The summed E-state index contributed by atoms with van der Waals surface area (Å²) >= 11 is 9.89. The van der Waals surface area contributed by atoms with Gasteiger partial charge in [-0.2, -0.15) is 0 Å². The minimum atomic E-state index is -4.49. The van der Waals surface area contributed by atoms with Crippen LogP contribution in [0.4, 0.5) is 5.69 Å². The van der Waals surface area contributed by atoms with Gasteiger partial charge in [-0.15, -0.1) is 0 Å². The maximum Gasteiger partial charge on any atom is 0.265 e. The number of nitrogens with zero attached hydrogens (tertiary/aromatic N) is 2. The van der Waals surface area contributed by atoms with Gasteiger partial charge in [0.15, 0.2) is 11.5 Å². The van der Waals surface area contributed by atoms with Crippen LogP contribution < -0.4 is 23.8 Å². The van der Waals surface area contributed by atoms with Crippen molar-refractivity contribution in [3.63, 3.8) is 0 Å². The molecule has 0 heterocycles. The second kappa shape index (κ2) is 17.3. The predicted molar refractivity (Wildman–Crippen MR) is 201 cm³/mol. The number of rotatable bonds is 15. The fourth-order valence-corrected chi connectivity index (χ4v) is 8.05. The Morgan fingerprint density at radius 2 is 1.49 bits per heavy atom. The molecule has 0 bridgehead atoms. The summed E-state index contributed by atoms with van der Waals surface area (Å²) in [5, 5.41) is 3.42. The Kier molecular flexibility index (Phi) is 12.9. The molecule has 2 amide bonds. The molecule has 1 N–H and O–H groups in total. The highest BCUT2D eigenvalue weighted by Crippen LogP contribution is 2.37. The number of amides is 2. The lowest BCUT2D eigenvalue weighted by molar-refractivity contribution is -0.140. The maximum atomic E-state index is 14.9. The first kappa shape index (κ1) is 38.0. The molecule has 10 nitrogen and oxygen atoms in total. The molecule has 270 valence electrons. The molecule has 1 aliphatic rings. The number of hydrogen-bond donors (Lipinski definition) is 1. The molecule has 0 spiro atoms. The number of ether oxygens (including phenoxy) is 3. The third kappa shape index (κ3) is 9.35. The Bertz CT molecular complexity index is 1920. The highest BCUT2D eigenvalue weighted by atomic mass is 79.9. The number of nitrogens with one attached hydrogen (secondary N) is 1. The Morgan fingerprint density at radius 3 is 2.14 bits per heavy atom. The first-order valence-electron chi connectivity index (χ1n) is 16.5. The Hall–Kier alpha value is -4.26. The SMILES string of the molecule is COc1ccc(S(=O)(=O)N(CC(=O)N(Cc2ccc(Br)cc2)C(Cc2ccccc2)C(=O)NC2CCCC2)c2cc(Cl)ccc2OC)cc1OC. The van der Waals surface area contributed by atoms with Gasteiger partial charge < -0.3 is 24.4 Å². The fourth-order valence-electron chi connectivity index (χ4n) is 6.18. The quantitative estimate of drug-likeness (QED) is 0.138. The molecular weight excluding hydrogens is 758 g/mol. The van der Waals surface area contributed by atoms with E-state index in [1.807, 2.05) is 54.6 Å². The summed E-state index contributed by atoms with van der Waals surface area (Å²) in [6.07, 6.45) is 3.96. The van der Waals surface area contributed by atoms with Crippen molar-refractivity contribution in [3.05, 3.63) is 112 Å². The predicted octanol–water partition coefficient (Wildman–Crippen LogP) is 7.02. The van der Waals surface area contributed by atoms with Crippen LogP contribution in [0.1, 0.15) is 36.8 Å². The summed E-state index contributed by atoms with van der Waals surface area (Å²) in [5.74, 6) is -0.212. The fraction of sp³-hybridized carbons (Fsp3) is 0.316. The molecule has 0 aromatic heterocycles. The molecule has 4 aromatic carbocycles. The van der Waals surface area contributed by atoms with Crippen molar-refractivity contribution in [2.24, 2.45) is 0 Å². The van der Waals surface area contributed by atoms with Gasteiger partial charge in [-0.1, -0.05) is 82.8 Å². The van der Waals surface area contributed by atoms with Crippen LogP contribution >= 0.6 is 27.5 Å². The van der Waals surface area contributed by atoms with E-state index in [-0.39, 0.29) is 52.0 Å². The lowest BCUT2D eigenvalue weighted by Gasteiger charge is -2.34. The average molecular weight is 799 g/mol. The molecule has 1 unspecified atom stereocenters. The van der Waals surface area contributed by atoms with Crippen molar-refractivity contribution in [1.29, 1.82) is 0 Å². The van der Waals surface area contributed by atoms with Crippen molar-refractivity contribution in [2.75, 3.05) is 32.2 Å². The Balaban J connectivity index is 1.62. The second-order valence-corrected chi connectivity index (χ2v) is 15.4. The van der Waals surface area contributed by atoms with Crippen LogP contribution in [0.3, 0.4) is 0 Å². The molecule has 4 aromatic rings. The summed E-state index contributed by atoms with van der Waals surface area (Å²) in [6.45, 7) is -0.634. The van der Waals surface area contributed by atoms with Gasteiger partial charge in [0.05, 0.1) is 31.9 Å². The normalized spacial score (nSPS) is 13.7. The van der Waals surface area contributed by atoms with Gasteiger partial charge in [0.2, 0.25) is 11.8 Å². The molecule has 51 heavy (non-hydrogen) atoms. The third-order valence-corrected chi connectivity index (χ3v) is 11.4. The summed E-state index contributed by atoms with van der Waals surface area (Å²) in [6, 6.07) is 24.6. The third-order valence-electron chi connectivity index (χ3n) is 8.87. The van der Waals surface area contributed by atoms with E-state index >= 15 is 0 Å². The van der Waals surface area contributed by atoms with Crippen molar-refractivity contribution in [1.82, 2.24) is 10.2 Å². The number of anilines is 1. The second-order valence-electron chi connectivity index (χ2n) is 12.2.